The van der Waals surface area contributed by atoms with Gasteiger partial charge in [-0.05, 0) is 50.7 Å². The van der Waals surface area contributed by atoms with Crippen molar-refractivity contribution in [3.05, 3.63) is 35.6 Å². The monoisotopic (exact) mass is 584 g/mol. The normalized spacial score (nSPS) is 19.5. The van der Waals surface area contributed by atoms with E-state index in [9.17, 15) is 0 Å². The number of hydrogen-bond acceptors (Lipinski definition) is 7. The highest BCUT2D eigenvalue weighted by Gasteiger charge is 2.24. The Morgan fingerprint density at radius 3 is 2.26 bits per heavy atom. The molecule has 3 aromatic rings. The first-order valence-electron chi connectivity index (χ1n) is 11.2. The fourth-order valence-corrected chi connectivity index (χ4v) is 4.84. The summed E-state index contributed by atoms with van der Waals surface area (Å²) in [7, 11) is 0. The van der Waals surface area contributed by atoms with Gasteiger partial charge in [-0.2, -0.15) is 9.97 Å². The number of anilines is 3. The summed E-state index contributed by atoms with van der Waals surface area (Å²) in [5.74, 6) is 1.26. The molecule has 2 aromatic heterocycles. The topological polar surface area (TPSA) is 106 Å². The van der Waals surface area contributed by atoms with Crippen LogP contribution in [-0.2, 0) is 0 Å². The number of fused-ring (bicyclic) bond motifs is 1. The molecule has 35 heavy (non-hydrogen) atoms. The van der Waals surface area contributed by atoms with E-state index in [-0.39, 0.29) is 49.6 Å². The van der Waals surface area contributed by atoms with Crippen LogP contribution in [0, 0.1) is 0 Å². The highest BCUT2D eigenvalue weighted by Crippen LogP contribution is 2.33. The molecule has 0 atom stereocenters. The summed E-state index contributed by atoms with van der Waals surface area (Å²) in [6.07, 6.45) is 10.9. The molecule has 5 N–H and O–H groups in total. The molecule has 1 aromatic carbocycles. The average molecular weight is 587 g/mol. The smallest absolute Gasteiger partial charge is 0.227 e. The Morgan fingerprint density at radius 1 is 0.886 bits per heavy atom. The van der Waals surface area contributed by atoms with Crippen molar-refractivity contribution in [2.24, 2.45) is 5.73 Å². The molecule has 196 valence electrons. The van der Waals surface area contributed by atoms with Crippen molar-refractivity contribution in [2.45, 2.75) is 69.5 Å². The fourth-order valence-electron chi connectivity index (χ4n) is 4.65. The number of nitrogens with zero attached hydrogens (tertiary/aromatic N) is 4. The number of halogens is 5. The van der Waals surface area contributed by atoms with Gasteiger partial charge in [0.25, 0.3) is 0 Å². The number of imidazole rings is 1. The average Bonchev–Trinajstić information content (AvgIpc) is 3.44. The van der Waals surface area contributed by atoms with Gasteiger partial charge in [0.15, 0.2) is 17.0 Å². The molecule has 0 amide bonds. The van der Waals surface area contributed by atoms with E-state index in [4.69, 9.17) is 27.3 Å². The van der Waals surface area contributed by atoms with Gasteiger partial charge in [0.05, 0.1) is 17.0 Å². The largest absolute Gasteiger partial charge is 0.351 e. The molecule has 2 aliphatic rings. The van der Waals surface area contributed by atoms with Gasteiger partial charge in [-0.15, -0.1) is 49.6 Å². The molecule has 13 heteroatoms. The first-order valence-corrected chi connectivity index (χ1v) is 11.6. The highest BCUT2D eigenvalue weighted by molar-refractivity contribution is 6.33. The van der Waals surface area contributed by atoms with Gasteiger partial charge in [0, 0.05) is 18.1 Å². The van der Waals surface area contributed by atoms with Gasteiger partial charge in [-0.1, -0.05) is 36.6 Å². The van der Waals surface area contributed by atoms with Crippen LogP contribution in [-0.4, -0.2) is 31.6 Å². The molecule has 0 radical (unpaired) electrons. The van der Waals surface area contributed by atoms with Crippen LogP contribution in [0.4, 0.5) is 17.5 Å². The Labute approximate surface area is 235 Å². The lowest BCUT2D eigenvalue weighted by Gasteiger charge is -2.27. The van der Waals surface area contributed by atoms with E-state index in [2.05, 4.69) is 25.7 Å². The Bertz CT molecular complexity index is 1050. The van der Waals surface area contributed by atoms with E-state index in [0.717, 1.165) is 42.5 Å². The second-order valence-corrected chi connectivity index (χ2v) is 9.05. The zero-order valence-corrected chi connectivity index (χ0v) is 23.2. The van der Waals surface area contributed by atoms with Gasteiger partial charge < -0.3 is 15.6 Å². The number of hydrazine groups is 1. The molecular formula is C22H33Cl5N8. The van der Waals surface area contributed by atoms with Crippen LogP contribution < -0.4 is 21.9 Å². The maximum absolute atomic E-state index is 6.29. The lowest BCUT2D eigenvalue weighted by molar-refractivity contribution is 0.410. The van der Waals surface area contributed by atoms with Crippen molar-refractivity contribution >= 4 is 89.8 Å². The predicted molar refractivity (Wildman–Crippen MR) is 154 cm³/mol. The van der Waals surface area contributed by atoms with Crippen molar-refractivity contribution in [2.75, 3.05) is 16.2 Å². The van der Waals surface area contributed by atoms with Crippen molar-refractivity contribution in [3.63, 3.8) is 0 Å². The molecule has 0 aliphatic heterocycles. The quantitative estimate of drug-likeness (QED) is 0.248. The molecule has 2 aliphatic carbocycles. The van der Waals surface area contributed by atoms with Crippen LogP contribution in [0.15, 0.2) is 30.6 Å². The number of hydrogen-bond donors (Lipinski definition) is 4. The summed E-state index contributed by atoms with van der Waals surface area (Å²) < 4.78 is 2.21. The Hall–Kier alpha value is -1.42. The molecular weight excluding hydrogens is 554 g/mol. The lowest BCUT2D eigenvalue weighted by atomic mass is 9.92. The lowest BCUT2D eigenvalue weighted by Crippen LogP contribution is -2.33. The summed E-state index contributed by atoms with van der Waals surface area (Å²) in [5, 5.41) is 4.17. The van der Waals surface area contributed by atoms with Crippen molar-refractivity contribution in [1.82, 2.24) is 19.5 Å². The van der Waals surface area contributed by atoms with Crippen LogP contribution >= 0.6 is 61.2 Å². The standard InChI is InChI=1S/C22H29ClN8.4ClH/c23-17-7-3-4-8-18(17)29-30-20-19-21(31(13-25-19)16-5-1-2-6-16)28-22(27-20)26-15-11-9-14(24)10-12-15;;;;/h3-4,7-8,13-16,29H,1-2,5-6,9-12,24H2,(H2,26,27,28,30);4*1H. The number of nitrogens with one attached hydrogen (secondary N) is 3. The number of benzene rings is 1. The zero-order chi connectivity index (χ0) is 21.2. The molecule has 0 unspecified atom stereocenters. The summed E-state index contributed by atoms with van der Waals surface area (Å²) in [5.41, 5.74) is 14.8. The van der Waals surface area contributed by atoms with Crippen LogP contribution in [0.5, 0.6) is 0 Å². The van der Waals surface area contributed by atoms with Gasteiger partial charge in [0.2, 0.25) is 5.95 Å². The second kappa shape index (κ2) is 14.4. The first kappa shape index (κ1) is 31.6. The number of aromatic nitrogens is 4. The minimum absolute atomic E-state index is 0. The van der Waals surface area contributed by atoms with Crippen LogP contribution in [0.25, 0.3) is 11.2 Å². The third kappa shape index (κ3) is 7.31. The van der Waals surface area contributed by atoms with Crippen LogP contribution in [0.2, 0.25) is 5.02 Å². The molecule has 8 nitrogen and oxygen atoms in total. The number of rotatable bonds is 6. The fraction of sp³-hybridized carbons (Fsp3) is 0.500. The molecule has 5 rings (SSSR count). The van der Waals surface area contributed by atoms with Gasteiger partial charge in [-0.25, -0.2) is 4.98 Å². The summed E-state index contributed by atoms with van der Waals surface area (Å²) in [6, 6.07) is 8.68. The maximum Gasteiger partial charge on any atom is 0.227 e. The van der Waals surface area contributed by atoms with E-state index in [0.29, 0.717) is 34.9 Å². The Kier molecular flexibility index (Phi) is 13.0. The summed E-state index contributed by atoms with van der Waals surface area (Å²) in [4.78, 5) is 14.3. The molecule has 0 spiro atoms. The van der Waals surface area contributed by atoms with E-state index < -0.39 is 0 Å². The second-order valence-electron chi connectivity index (χ2n) is 8.64. The predicted octanol–water partition coefficient (Wildman–Crippen LogP) is 6.40. The Morgan fingerprint density at radius 2 is 1.57 bits per heavy atom. The van der Waals surface area contributed by atoms with Crippen molar-refractivity contribution < 1.29 is 0 Å². The van der Waals surface area contributed by atoms with Crippen molar-refractivity contribution in [1.29, 1.82) is 0 Å². The maximum atomic E-state index is 6.29. The van der Waals surface area contributed by atoms with E-state index >= 15 is 0 Å². The third-order valence-electron chi connectivity index (χ3n) is 6.43. The molecule has 2 fully saturated rings. The van der Waals surface area contributed by atoms with Crippen LogP contribution in [0.1, 0.15) is 57.4 Å². The zero-order valence-electron chi connectivity index (χ0n) is 19.2. The van der Waals surface area contributed by atoms with Gasteiger partial charge in [0.1, 0.15) is 0 Å². The molecule has 2 saturated carbocycles. The number of para-hydroxylation sites is 1. The van der Waals surface area contributed by atoms with Gasteiger partial charge in [-0.3, -0.25) is 10.9 Å². The highest BCUT2D eigenvalue weighted by atomic mass is 35.5. The minimum atomic E-state index is 0. The van der Waals surface area contributed by atoms with E-state index in [1.54, 1.807) is 0 Å². The van der Waals surface area contributed by atoms with Gasteiger partial charge >= 0.3 is 0 Å². The first-order chi connectivity index (χ1) is 15.2. The Balaban J connectivity index is 0.00000153. The van der Waals surface area contributed by atoms with E-state index in [1.165, 1.54) is 25.7 Å². The van der Waals surface area contributed by atoms with E-state index in [1.807, 2.05) is 30.6 Å². The number of nitrogens with two attached hydrogens (primary N) is 1. The molecule has 0 saturated heterocycles. The molecule has 0 bridgehead atoms. The minimum Gasteiger partial charge on any atom is -0.351 e. The van der Waals surface area contributed by atoms with Crippen molar-refractivity contribution in [3.8, 4) is 0 Å². The SMILES string of the molecule is Cl.Cl.Cl.Cl.NC1CCC(Nc2nc(NNc3ccccc3Cl)c3ncn(C4CCCC4)c3n2)CC1. The summed E-state index contributed by atoms with van der Waals surface area (Å²) in [6.45, 7) is 0. The summed E-state index contributed by atoms with van der Waals surface area (Å²) >= 11 is 6.29. The van der Waals surface area contributed by atoms with Crippen LogP contribution in [0.3, 0.4) is 0 Å². The third-order valence-corrected chi connectivity index (χ3v) is 6.76. The molecule has 2 heterocycles.